The van der Waals surface area contributed by atoms with Crippen molar-refractivity contribution in [3.63, 3.8) is 0 Å². The molecule has 10 heteroatoms. The average Bonchev–Trinajstić information content (AvgIpc) is 3.11. The van der Waals surface area contributed by atoms with E-state index in [1.165, 1.54) is 13.3 Å². The van der Waals surface area contributed by atoms with E-state index in [9.17, 15) is 27.5 Å². The molecule has 2 aliphatic rings. The number of hydrogen-bond donors (Lipinski definition) is 1. The number of alkyl halides is 4. The topological polar surface area (TPSA) is 71.9 Å². The summed E-state index contributed by atoms with van der Waals surface area (Å²) in [6.07, 6.45) is -2.56. The zero-order valence-corrected chi connectivity index (χ0v) is 18.0. The maximum atomic E-state index is 13.2. The minimum atomic E-state index is -5.20. The first-order valence-corrected chi connectivity index (χ1v) is 10.5. The third-order valence-electron chi connectivity index (χ3n) is 6.28. The van der Waals surface area contributed by atoms with Crippen LogP contribution in [0.15, 0.2) is 30.6 Å². The Morgan fingerprint density at radius 3 is 2.58 bits per heavy atom. The molecule has 1 aromatic heterocycles. The van der Waals surface area contributed by atoms with Crippen LogP contribution < -0.4 is 9.64 Å². The first kappa shape index (κ1) is 23.4. The van der Waals surface area contributed by atoms with Gasteiger partial charge in [-0.15, -0.1) is 0 Å². The average molecular weight is 468 g/mol. The lowest BCUT2D eigenvalue weighted by Gasteiger charge is -2.30. The van der Waals surface area contributed by atoms with E-state index < -0.39 is 29.9 Å². The van der Waals surface area contributed by atoms with Crippen molar-refractivity contribution in [2.45, 2.75) is 24.6 Å². The van der Waals surface area contributed by atoms with Crippen LogP contribution in [0.3, 0.4) is 0 Å². The summed E-state index contributed by atoms with van der Waals surface area (Å²) in [5.74, 6) is -0.0728. The number of ketones is 1. The molecule has 1 saturated heterocycles. The second-order valence-electron chi connectivity index (χ2n) is 8.32. The van der Waals surface area contributed by atoms with Gasteiger partial charge in [0.1, 0.15) is 12.4 Å². The van der Waals surface area contributed by atoms with Crippen LogP contribution >= 0.6 is 0 Å². The second-order valence-corrected chi connectivity index (χ2v) is 8.32. The Bertz CT molecular complexity index is 1040. The summed E-state index contributed by atoms with van der Waals surface area (Å²) in [6.45, 7) is 0.547. The summed E-state index contributed by atoms with van der Waals surface area (Å²) in [4.78, 5) is 18.9. The highest BCUT2D eigenvalue weighted by atomic mass is 19.4. The van der Waals surface area contributed by atoms with E-state index in [-0.39, 0.29) is 12.2 Å². The van der Waals surface area contributed by atoms with Gasteiger partial charge in [0.25, 0.3) is 0 Å². The van der Waals surface area contributed by atoms with Gasteiger partial charge in [0, 0.05) is 42.5 Å². The minimum Gasteiger partial charge on any atom is -0.495 e. The number of rotatable bonds is 6. The van der Waals surface area contributed by atoms with Crippen molar-refractivity contribution in [1.82, 2.24) is 4.98 Å². The Morgan fingerprint density at radius 1 is 1.21 bits per heavy atom. The van der Waals surface area contributed by atoms with E-state index >= 15 is 0 Å². The fraction of sp³-hybridized carbons (Fsp3) is 0.478. The largest absolute Gasteiger partial charge is 0.495 e. The number of Topliss-reactive ketones (excluding diaryl/α,β-unsaturated/α-hetero) is 1. The number of benzene rings is 1. The highest BCUT2D eigenvalue weighted by Gasteiger charge is 2.55. The number of nitrogens with zero attached hydrogens (tertiary/aromatic N) is 2. The van der Waals surface area contributed by atoms with Gasteiger partial charge in [-0.1, -0.05) is 0 Å². The van der Waals surface area contributed by atoms with Crippen LogP contribution in [-0.4, -0.2) is 62.1 Å². The summed E-state index contributed by atoms with van der Waals surface area (Å²) in [7, 11) is 1.53. The number of carbonyl (C=O) groups is 1. The Labute approximate surface area is 188 Å². The predicted molar refractivity (Wildman–Crippen MR) is 111 cm³/mol. The van der Waals surface area contributed by atoms with Crippen molar-refractivity contribution in [3.05, 3.63) is 52.8 Å². The number of fused-ring (bicyclic) bond motifs is 1. The van der Waals surface area contributed by atoms with Crippen molar-refractivity contribution in [2.75, 3.05) is 45.0 Å². The molecule has 2 atom stereocenters. The van der Waals surface area contributed by atoms with Gasteiger partial charge in [-0.3, -0.25) is 9.78 Å². The molecule has 4 rings (SSSR count). The maximum absolute atomic E-state index is 13.2. The van der Waals surface area contributed by atoms with Gasteiger partial charge in [0.15, 0.2) is 5.78 Å². The van der Waals surface area contributed by atoms with Gasteiger partial charge < -0.3 is 19.5 Å². The minimum absolute atomic E-state index is 0.115. The van der Waals surface area contributed by atoms with Crippen molar-refractivity contribution in [1.29, 1.82) is 0 Å². The molecule has 0 amide bonds. The quantitative estimate of drug-likeness (QED) is 0.657. The number of hydrogen-bond acceptors (Lipinski definition) is 6. The number of carbonyl (C=O) groups excluding carboxylic acids is 1. The highest BCUT2D eigenvalue weighted by molar-refractivity contribution is 6.03. The van der Waals surface area contributed by atoms with Gasteiger partial charge in [0.2, 0.25) is 5.60 Å². The maximum Gasteiger partial charge on any atom is 0.424 e. The summed E-state index contributed by atoms with van der Waals surface area (Å²) in [6, 6.07) is 4.70. The molecule has 0 spiro atoms. The molecule has 0 bridgehead atoms. The lowest BCUT2D eigenvalue weighted by Crippen LogP contribution is -2.44. The van der Waals surface area contributed by atoms with Gasteiger partial charge in [-0.25, -0.2) is 4.39 Å². The third-order valence-corrected chi connectivity index (χ3v) is 6.28. The molecule has 1 aliphatic heterocycles. The molecule has 0 radical (unpaired) electrons. The van der Waals surface area contributed by atoms with Gasteiger partial charge in [-0.2, -0.15) is 13.2 Å². The van der Waals surface area contributed by atoms with Crippen molar-refractivity contribution in [2.24, 2.45) is 5.92 Å². The van der Waals surface area contributed by atoms with E-state index in [0.717, 1.165) is 23.5 Å². The lowest BCUT2D eigenvalue weighted by atomic mass is 9.91. The molecule has 1 fully saturated rings. The molecule has 0 saturated carbocycles. The van der Waals surface area contributed by atoms with Crippen LogP contribution in [0.25, 0.3) is 0 Å². The number of aliphatic hydroxyl groups is 1. The van der Waals surface area contributed by atoms with Crippen LogP contribution in [-0.2, 0) is 23.2 Å². The molecule has 2 aromatic rings. The zero-order valence-electron chi connectivity index (χ0n) is 18.0. The fourth-order valence-corrected chi connectivity index (χ4v) is 4.39. The number of pyridine rings is 1. The summed E-state index contributed by atoms with van der Waals surface area (Å²) in [5.41, 5.74) is -1.78. The molecule has 1 N–H and O–H groups in total. The van der Waals surface area contributed by atoms with Crippen molar-refractivity contribution >= 4 is 11.5 Å². The van der Waals surface area contributed by atoms with E-state index in [4.69, 9.17) is 9.47 Å². The van der Waals surface area contributed by atoms with E-state index in [0.29, 0.717) is 49.6 Å². The first-order valence-electron chi connectivity index (χ1n) is 10.5. The van der Waals surface area contributed by atoms with Crippen LogP contribution in [0.5, 0.6) is 5.75 Å². The van der Waals surface area contributed by atoms with Crippen molar-refractivity contribution in [3.8, 4) is 5.75 Å². The number of morpholine rings is 1. The summed E-state index contributed by atoms with van der Waals surface area (Å²) < 4.78 is 63.8. The first-order chi connectivity index (χ1) is 15.7. The number of methoxy groups -OCH3 is 1. The molecule has 1 aliphatic carbocycles. The molecule has 2 heterocycles. The fourth-order valence-electron chi connectivity index (χ4n) is 4.39. The second kappa shape index (κ2) is 8.90. The van der Waals surface area contributed by atoms with E-state index in [1.807, 2.05) is 6.07 Å². The number of aromatic nitrogens is 1. The van der Waals surface area contributed by atoms with E-state index in [2.05, 4.69) is 9.88 Å². The number of ether oxygens (including phenoxy) is 2. The predicted octanol–water partition coefficient (Wildman–Crippen LogP) is 3.24. The number of anilines is 1. The smallest absolute Gasteiger partial charge is 0.424 e. The Kier molecular flexibility index (Phi) is 6.32. The molecular weight excluding hydrogens is 444 g/mol. The van der Waals surface area contributed by atoms with Crippen molar-refractivity contribution < 1.29 is 36.9 Å². The zero-order chi connectivity index (χ0) is 23.8. The molecule has 2 unspecified atom stereocenters. The van der Waals surface area contributed by atoms with Crippen LogP contribution in [0.2, 0.25) is 0 Å². The summed E-state index contributed by atoms with van der Waals surface area (Å²) in [5, 5.41) is 9.88. The molecule has 178 valence electrons. The standard InChI is InChI=1S/C23H24F4N2O4/c1-32-20-10-18-15(9-19(20)29-2-4-33-5-3-29)8-16(21(18)30)6-14-7-17(12-28-11-14)22(31,13-24)23(25,26)27/h7,9-12,16,31H,2-6,8,13H2,1H3. The lowest BCUT2D eigenvalue weighted by molar-refractivity contribution is -0.271. The Morgan fingerprint density at radius 2 is 1.94 bits per heavy atom. The Hall–Kier alpha value is -2.72. The monoisotopic (exact) mass is 468 g/mol. The van der Waals surface area contributed by atoms with Gasteiger partial charge in [0.05, 0.1) is 26.0 Å². The molecular formula is C23H24F4N2O4. The van der Waals surface area contributed by atoms with Crippen LogP contribution in [0.4, 0.5) is 23.2 Å². The summed E-state index contributed by atoms with van der Waals surface area (Å²) >= 11 is 0. The normalized spacial score (nSPS) is 20.5. The van der Waals surface area contributed by atoms with E-state index in [1.54, 1.807) is 6.07 Å². The van der Waals surface area contributed by atoms with Crippen LogP contribution in [0.1, 0.15) is 27.0 Å². The third kappa shape index (κ3) is 4.29. The molecule has 6 nitrogen and oxygen atoms in total. The van der Waals surface area contributed by atoms with Gasteiger partial charge in [-0.05, 0) is 42.2 Å². The highest BCUT2D eigenvalue weighted by Crippen LogP contribution is 2.41. The Balaban J connectivity index is 1.58. The molecule has 1 aromatic carbocycles. The SMILES string of the molecule is COc1cc2c(cc1N1CCOCC1)CC(Cc1cncc(C(O)(CF)C(F)(F)F)c1)C2=O. The van der Waals surface area contributed by atoms with Gasteiger partial charge >= 0.3 is 6.18 Å². The molecule has 33 heavy (non-hydrogen) atoms. The van der Waals surface area contributed by atoms with Crippen LogP contribution in [0, 0.1) is 5.92 Å². The number of halogens is 4.